The Morgan fingerprint density at radius 3 is 2.62 bits per heavy atom. The molecule has 1 aliphatic rings. The molecule has 3 rings (SSSR count). The number of sulfonamides is 1. The Morgan fingerprint density at radius 1 is 1.21 bits per heavy atom. The Labute approximate surface area is 175 Å². The minimum Gasteiger partial charge on any atom is -0.497 e. The summed E-state index contributed by atoms with van der Waals surface area (Å²) in [5.41, 5.74) is 0.989. The number of ether oxygens (including phenoxy) is 1. The van der Waals surface area contributed by atoms with Crippen LogP contribution in [-0.4, -0.2) is 61.7 Å². The highest BCUT2D eigenvalue weighted by atomic mass is 32.2. The molecular weight excluding hydrogens is 410 g/mol. The fourth-order valence-corrected chi connectivity index (χ4v) is 4.79. The van der Waals surface area contributed by atoms with Gasteiger partial charge in [0.1, 0.15) is 5.75 Å². The van der Waals surface area contributed by atoms with Crippen molar-refractivity contribution in [2.24, 2.45) is 4.99 Å². The van der Waals surface area contributed by atoms with Gasteiger partial charge in [0, 0.05) is 31.5 Å². The van der Waals surface area contributed by atoms with Gasteiger partial charge in [-0.2, -0.15) is 0 Å². The second-order valence-corrected chi connectivity index (χ2v) is 10.3. The summed E-state index contributed by atoms with van der Waals surface area (Å²) in [6.07, 6.45) is 0. The average Bonchev–Trinajstić information content (AvgIpc) is 3.07. The molecule has 7 nitrogen and oxygen atoms in total. The van der Waals surface area contributed by atoms with Crippen LogP contribution in [0, 0.1) is 0 Å². The van der Waals surface area contributed by atoms with Gasteiger partial charge in [0.2, 0.25) is 10.0 Å². The summed E-state index contributed by atoms with van der Waals surface area (Å²) < 4.78 is 31.1. The summed E-state index contributed by atoms with van der Waals surface area (Å²) in [6.45, 7) is 2.54. The van der Waals surface area contributed by atoms with Gasteiger partial charge in [-0.05, 0) is 36.4 Å². The van der Waals surface area contributed by atoms with Crippen molar-refractivity contribution in [2.75, 3.05) is 27.7 Å². The van der Waals surface area contributed by atoms with Gasteiger partial charge in [0.25, 0.3) is 5.91 Å². The zero-order chi connectivity index (χ0) is 21.2. The molecule has 0 N–H and O–H groups in total. The van der Waals surface area contributed by atoms with Gasteiger partial charge in [0.05, 0.1) is 17.7 Å². The number of carbonyl (C=O) groups excluding carboxylic acids is 1. The number of hydrogen-bond acceptors (Lipinski definition) is 6. The summed E-state index contributed by atoms with van der Waals surface area (Å²) in [5.74, 6) is 0.437. The Morgan fingerprint density at radius 2 is 1.93 bits per heavy atom. The number of amides is 1. The predicted molar refractivity (Wildman–Crippen MR) is 115 cm³/mol. The van der Waals surface area contributed by atoms with Crippen molar-refractivity contribution < 1.29 is 17.9 Å². The van der Waals surface area contributed by atoms with Gasteiger partial charge in [-0.1, -0.05) is 30.8 Å². The molecule has 1 aliphatic heterocycles. The number of methoxy groups -OCH3 is 1. The first kappa shape index (κ1) is 21.4. The van der Waals surface area contributed by atoms with E-state index in [-0.39, 0.29) is 16.1 Å². The molecule has 1 amide bonds. The first-order chi connectivity index (χ1) is 13.7. The van der Waals surface area contributed by atoms with Gasteiger partial charge >= 0.3 is 0 Å². The second-order valence-electron chi connectivity index (χ2n) is 6.76. The molecule has 1 heterocycles. The second kappa shape index (κ2) is 8.56. The lowest BCUT2D eigenvalue weighted by molar-refractivity contribution is 0.0855. The number of carbonyl (C=O) groups is 1. The van der Waals surface area contributed by atoms with Crippen LogP contribution in [0.3, 0.4) is 0 Å². The zero-order valence-corrected chi connectivity index (χ0v) is 18.3. The van der Waals surface area contributed by atoms with Crippen LogP contribution >= 0.6 is 11.8 Å². The minimum absolute atomic E-state index is 0.158. The first-order valence-corrected chi connectivity index (χ1v) is 11.3. The topological polar surface area (TPSA) is 79.3 Å². The number of rotatable bonds is 5. The monoisotopic (exact) mass is 433 g/mol. The highest BCUT2D eigenvalue weighted by Gasteiger charge is 2.31. The lowest BCUT2D eigenvalue weighted by Gasteiger charge is -2.17. The molecule has 0 aromatic heterocycles. The molecular formula is C20H23N3O4S2. The van der Waals surface area contributed by atoms with Gasteiger partial charge in [-0.15, -0.1) is 0 Å². The third-order valence-corrected chi connectivity index (χ3v) is 7.24. The van der Waals surface area contributed by atoms with Gasteiger partial charge in [-0.25, -0.2) is 17.7 Å². The van der Waals surface area contributed by atoms with Crippen molar-refractivity contribution in [3.05, 3.63) is 54.1 Å². The number of benzene rings is 2. The van der Waals surface area contributed by atoms with E-state index in [4.69, 9.17) is 4.74 Å². The van der Waals surface area contributed by atoms with Crippen LogP contribution in [-0.2, 0) is 10.0 Å². The van der Waals surface area contributed by atoms with Crippen LogP contribution in [0.1, 0.15) is 17.3 Å². The maximum absolute atomic E-state index is 13.1. The summed E-state index contributed by atoms with van der Waals surface area (Å²) in [7, 11) is 0.959. The van der Waals surface area contributed by atoms with E-state index in [1.807, 2.05) is 6.92 Å². The number of thioether (sulfide) groups is 1. The minimum atomic E-state index is -3.56. The molecule has 1 atom stereocenters. The molecule has 2 aromatic carbocycles. The molecule has 1 unspecified atom stereocenters. The predicted octanol–water partition coefficient (Wildman–Crippen LogP) is 3.21. The van der Waals surface area contributed by atoms with Crippen LogP contribution in [0.15, 0.2) is 58.4 Å². The van der Waals surface area contributed by atoms with E-state index in [0.717, 1.165) is 4.31 Å². The Bertz CT molecular complexity index is 1050. The fourth-order valence-electron chi connectivity index (χ4n) is 2.82. The highest BCUT2D eigenvalue weighted by molar-refractivity contribution is 8.14. The zero-order valence-electron chi connectivity index (χ0n) is 16.7. The van der Waals surface area contributed by atoms with Crippen molar-refractivity contribution in [1.82, 2.24) is 9.21 Å². The standard InChI is InChI=1S/C20H23N3O4S2/c1-14-13-23(19(24)15-7-5-9-17(11-15)27-4)20(28-14)21-16-8-6-10-18(12-16)29(25,26)22(2)3/h5-12,14H,13H2,1-4H3. The average molecular weight is 434 g/mol. The summed E-state index contributed by atoms with van der Waals surface area (Å²) in [4.78, 5) is 19.4. The maximum atomic E-state index is 13.1. The van der Waals surface area contributed by atoms with E-state index in [1.54, 1.807) is 48.4 Å². The highest BCUT2D eigenvalue weighted by Crippen LogP contribution is 2.30. The SMILES string of the molecule is COc1cccc(C(=O)N2CC(C)SC2=Nc2cccc(S(=O)(=O)N(C)C)c2)c1. The summed E-state index contributed by atoms with van der Waals surface area (Å²) in [6, 6.07) is 13.4. The van der Waals surface area contributed by atoms with E-state index in [1.165, 1.54) is 38.0 Å². The number of nitrogens with zero attached hydrogens (tertiary/aromatic N) is 3. The van der Waals surface area contributed by atoms with E-state index >= 15 is 0 Å². The van der Waals surface area contributed by atoms with Crippen LogP contribution in [0.25, 0.3) is 0 Å². The molecule has 0 bridgehead atoms. The number of hydrogen-bond donors (Lipinski definition) is 0. The van der Waals surface area contributed by atoms with Gasteiger partial charge in [-0.3, -0.25) is 9.69 Å². The molecule has 9 heteroatoms. The third kappa shape index (κ3) is 4.63. The van der Waals surface area contributed by atoms with Crippen LogP contribution < -0.4 is 4.74 Å². The van der Waals surface area contributed by atoms with Crippen molar-refractivity contribution in [2.45, 2.75) is 17.1 Å². The fraction of sp³-hybridized carbons (Fsp3) is 0.300. The summed E-state index contributed by atoms with van der Waals surface area (Å²) in [5, 5.41) is 0.724. The largest absolute Gasteiger partial charge is 0.497 e. The van der Waals surface area contributed by atoms with Crippen LogP contribution in [0.4, 0.5) is 5.69 Å². The van der Waals surface area contributed by atoms with E-state index in [0.29, 0.717) is 28.7 Å². The molecule has 1 fully saturated rings. The normalized spacial score (nSPS) is 18.4. The maximum Gasteiger partial charge on any atom is 0.260 e. The molecule has 154 valence electrons. The first-order valence-electron chi connectivity index (χ1n) is 8.96. The van der Waals surface area contributed by atoms with Crippen molar-refractivity contribution in [3.8, 4) is 5.75 Å². The Hall–Kier alpha value is -2.36. The number of aliphatic imine (C=N–C) groups is 1. The Balaban J connectivity index is 1.94. The Kier molecular flexibility index (Phi) is 6.30. The van der Waals surface area contributed by atoms with Gasteiger partial charge < -0.3 is 4.74 Å². The summed E-state index contributed by atoms with van der Waals surface area (Å²) >= 11 is 1.49. The molecule has 0 aliphatic carbocycles. The molecule has 2 aromatic rings. The molecule has 0 radical (unpaired) electrons. The van der Waals surface area contributed by atoms with E-state index in [9.17, 15) is 13.2 Å². The lowest BCUT2D eigenvalue weighted by atomic mass is 10.2. The third-order valence-electron chi connectivity index (χ3n) is 4.36. The lowest BCUT2D eigenvalue weighted by Crippen LogP contribution is -2.32. The quantitative estimate of drug-likeness (QED) is 0.723. The van der Waals surface area contributed by atoms with Gasteiger partial charge in [0.15, 0.2) is 5.17 Å². The molecule has 0 spiro atoms. The molecule has 1 saturated heterocycles. The van der Waals surface area contributed by atoms with E-state index < -0.39 is 10.0 Å². The van der Waals surface area contributed by atoms with Crippen molar-refractivity contribution >= 4 is 38.5 Å². The molecule has 0 saturated carbocycles. The van der Waals surface area contributed by atoms with Crippen LogP contribution in [0.5, 0.6) is 5.75 Å². The smallest absolute Gasteiger partial charge is 0.260 e. The van der Waals surface area contributed by atoms with Crippen LogP contribution in [0.2, 0.25) is 0 Å². The van der Waals surface area contributed by atoms with Crippen molar-refractivity contribution in [3.63, 3.8) is 0 Å². The van der Waals surface area contributed by atoms with Crippen molar-refractivity contribution in [1.29, 1.82) is 0 Å². The van der Waals surface area contributed by atoms with E-state index in [2.05, 4.69) is 4.99 Å². The number of amidine groups is 1. The molecule has 29 heavy (non-hydrogen) atoms.